The van der Waals surface area contributed by atoms with Crippen LogP contribution in [0.3, 0.4) is 0 Å². The van der Waals surface area contributed by atoms with Gasteiger partial charge in [-0.05, 0) is 49.7 Å². The molecule has 1 heterocycles. The molecule has 0 aromatic carbocycles. The highest BCUT2D eigenvalue weighted by atomic mass is 32.2. The second-order valence-electron chi connectivity index (χ2n) is 5.45. The van der Waals surface area contributed by atoms with Crippen LogP contribution >= 0.6 is 11.8 Å². The van der Waals surface area contributed by atoms with E-state index in [2.05, 4.69) is 5.32 Å². The molecule has 3 unspecified atom stereocenters. The Bertz CT molecular complexity index is 336. The van der Waals surface area contributed by atoms with Crippen LogP contribution in [-0.2, 0) is 9.84 Å². The van der Waals surface area contributed by atoms with Crippen molar-refractivity contribution in [1.29, 1.82) is 0 Å². The highest BCUT2D eigenvalue weighted by Gasteiger charge is 2.29. The lowest BCUT2D eigenvalue weighted by Crippen LogP contribution is -2.40. The summed E-state index contributed by atoms with van der Waals surface area (Å²) in [6.07, 6.45) is 6.57. The van der Waals surface area contributed by atoms with E-state index < -0.39 is 9.84 Å². The van der Waals surface area contributed by atoms with Gasteiger partial charge in [0, 0.05) is 12.3 Å². The number of thioether (sulfide) groups is 1. The van der Waals surface area contributed by atoms with Gasteiger partial charge in [0.05, 0.1) is 5.25 Å². The van der Waals surface area contributed by atoms with Gasteiger partial charge in [-0.15, -0.1) is 0 Å². The summed E-state index contributed by atoms with van der Waals surface area (Å²) in [4.78, 5) is 0. The predicted octanol–water partition coefficient (Wildman–Crippen LogP) is 1.68. The SMILES string of the molecule is CS(=O)(=O)C1CCCC(NCC2CCSC2)C1. The molecule has 0 amide bonds. The summed E-state index contributed by atoms with van der Waals surface area (Å²) < 4.78 is 23.1. The van der Waals surface area contributed by atoms with E-state index in [1.165, 1.54) is 24.2 Å². The Hall–Kier alpha value is 0.260. The Labute approximate surface area is 109 Å². The van der Waals surface area contributed by atoms with Crippen LogP contribution in [0.1, 0.15) is 32.1 Å². The van der Waals surface area contributed by atoms with E-state index in [9.17, 15) is 8.42 Å². The standard InChI is InChI=1S/C12H23NO2S2/c1-17(14,15)12-4-2-3-11(7-12)13-8-10-5-6-16-9-10/h10-13H,2-9H2,1H3. The van der Waals surface area contributed by atoms with E-state index in [1.807, 2.05) is 11.8 Å². The maximum atomic E-state index is 11.6. The van der Waals surface area contributed by atoms with Crippen LogP contribution in [0.5, 0.6) is 0 Å². The fourth-order valence-corrected chi connectivity index (χ4v) is 5.26. The first-order chi connectivity index (χ1) is 8.05. The molecule has 3 atom stereocenters. The third kappa shape index (κ3) is 4.14. The quantitative estimate of drug-likeness (QED) is 0.849. The summed E-state index contributed by atoms with van der Waals surface area (Å²) in [7, 11) is -2.84. The molecule has 0 aromatic heterocycles. The topological polar surface area (TPSA) is 46.2 Å². The number of sulfone groups is 1. The first-order valence-electron chi connectivity index (χ1n) is 6.55. The molecular formula is C12H23NO2S2. The van der Waals surface area contributed by atoms with Crippen molar-refractivity contribution >= 4 is 21.6 Å². The summed E-state index contributed by atoms with van der Waals surface area (Å²) in [5.41, 5.74) is 0. The van der Waals surface area contributed by atoms with Crippen molar-refractivity contribution in [3.63, 3.8) is 0 Å². The van der Waals surface area contributed by atoms with Crippen molar-refractivity contribution in [1.82, 2.24) is 5.32 Å². The molecule has 17 heavy (non-hydrogen) atoms. The van der Waals surface area contributed by atoms with Gasteiger partial charge in [-0.1, -0.05) is 6.42 Å². The summed E-state index contributed by atoms with van der Waals surface area (Å²) in [5.74, 6) is 3.37. The summed E-state index contributed by atoms with van der Waals surface area (Å²) in [6.45, 7) is 1.08. The lowest BCUT2D eigenvalue weighted by molar-refractivity contribution is 0.353. The molecule has 1 saturated heterocycles. The van der Waals surface area contributed by atoms with Gasteiger partial charge in [-0.25, -0.2) is 8.42 Å². The lowest BCUT2D eigenvalue weighted by atomic mass is 9.94. The largest absolute Gasteiger partial charge is 0.314 e. The molecular weight excluding hydrogens is 254 g/mol. The van der Waals surface area contributed by atoms with E-state index in [1.54, 1.807) is 0 Å². The van der Waals surface area contributed by atoms with Gasteiger partial charge >= 0.3 is 0 Å². The van der Waals surface area contributed by atoms with Crippen molar-refractivity contribution < 1.29 is 8.42 Å². The molecule has 2 rings (SSSR count). The smallest absolute Gasteiger partial charge is 0.150 e. The third-order valence-corrected chi connectivity index (χ3v) is 6.82. The van der Waals surface area contributed by atoms with Crippen LogP contribution in [0.4, 0.5) is 0 Å². The normalized spacial score (nSPS) is 35.0. The second kappa shape index (κ2) is 5.93. The first-order valence-corrected chi connectivity index (χ1v) is 9.66. The lowest BCUT2D eigenvalue weighted by Gasteiger charge is -2.29. The highest BCUT2D eigenvalue weighted by molar-refractivity contribution is 7.99. The van der Waals surface area contributed by atoms with E-state index >= 15 is 0 Å². The fraction of sp³-hybridized carbons (Fsp3) is 1.00. The second-order valence-corrected chi connectivity index (χ2v) is 8.93. The zero-order valence-corrected chi connectivity index (χ0v) is 12.2. The molecule has 5 heteroatoms. The molecule has 100 valence electrons. The van der Waals surface area contributed by atoms with Gasteiger partial charge in [0.25, 0.3) is 0 Å². The minimum absolute atomic E-state index is 0.105. The number of hydrogen-bond donors (Lipinski definition) is 1. The van der Waals surface area contributed by atoms with Gasteiger partial charge in [-0.3, -0.25) is 0 Å². The van der Waals surface area contributed by atoms with Crippen molar-refractivity contribution in [2.75, 3.05) is 24.3 Å². The molecule has 0 bridgehead atoms. The fourth-order valence-electron chi connectivity index (χ4n) is 2.80. The van der Waals surface area contributed by atoms with E-state index in [0.717, 1.165) is 38.1 Å². The maximum Gasteiger partial charge on any atom is 0.150 e. The number of rotatable bonds is 4. The van der Waals surface area contributed by atoms with Gasteiger partial charge in [0.15, 0.2) is 0 Å². The van der Waals surface area contributed by atoms with Crippen molar-refractivity contribution in [2.24, 2.45) is 5.92 Å². The predicted molar refractivity (Wildman–Crippen MR) is 74.3 cm³/mol. The molecule has 0 spiro atoms. The molecule has 1 N–H and O–H groups in total. The minimum atomic E-state index is -2.84. The Morgan fingerprint density at radius 3 is 2.76 bits per heavy atom. The minimum Gasteiger partial charge on any atom is -0.314 e. The zero-order chi connectivity index (χ0) is 12.3. The van der Waals surface area contributed by atoms with Crippen LogP contribution in [0.25, 0.3) is 0 Å². The molecule has 3 nitrogen and oxygen atoms in total. The highest BCUT2D eigenvalue weighted by Crippen LogP contribution is 2.26. The van der Waals surface area contributed by atoms with Crippen LogP contribution in [0, 0.1) is 5.92 Å². The average molecular weight is 277 g/mol. The van der Waals surface area contributed by atoms with Crippen LogP contribution in [-0.4, -0.2) is 44.0 Å². The first kappa shape index (κ1) is 13.7. The summed E-state index contributed by atoms with van der Waals surface area (Å²) >= 11 is 2.04. The Morgan fingerprint density at radius 2 is 2.12 bits per heavy atom. The molecule has 2 aliphatic rings. The maximum absolute atomic E-state index is 11.6. The monoisotopic (exact) mass is 277 g/mol. The van der Waals surface area contributed by atoms with E-state index in [4.69, 9.17) is 0 Å². The summed E-state index contributed by atoms with van der Waals surface area (Å²) in [5, 5.41) is 3.48. The van der Waals surface area contributed by atoms with Crippen LogP contribution in [0.15, 0.2) is 0 Å². The van der Waals surface area contributed by atoms with Gasteiger partial charge in [0.1, 0.15) is 9.84 Å². The van der Waals surface area contributed by atoms with Gasteiger partial charge in [0.2, 0.25) is 0 Å². The average Bonchev–Trinajstić information content (AvgIpc) is 2.78. The van der Waals surface area contributed by atoms with E-state index in [0.29, 0.717) is 6.04 Å². The molecule has 0 aromatic rings. The summed E-state index contributed by atoms with van der Waals surface area (Å²) in [6, 6.07) is 0.425. The van der Waals surface area contributed by atoms with E-state index in [-0.39, 0.29) is 5.25 Å². The molecule has 2 fully saturated rings. The van der Waals surface area contributed by atoms with Gasteiger partial charge < -0.3 is 5.32 Å². The molecule has 0 radical (unpaired) electrons. The Morgan fingerprint density at radius 1 is 1.29 bits per heavy atom. The molecule has 1 aliphatic heterocycles. The van der Waals surface area contributed by atoms with Crippen molar-refractivity contribution in [3.05, 3.63) is 0 Å². The third-order valence-electron chi connectivity index (χ3n) is 3.95. The van der Waals surface area contributed by atoms with Gasteiger partial charge in [-0.2, -0.15) is 11.8 Å². The number of hydrogen-bond acceptors (Lipinski definition) is 4. The molecule has 1 aliphatic carbocycles. The zero-order valence-electron chi connectivity index (χ0n) is 10.5. The van der Waals surface area contributed by atoms with Crippen LogP contribution in [0.2, 0.25) is 0 Å². The molecule has 1 saturated carbocycles. The Kier molecular flexibility index (Phi) is 4.78. The van der Waals surface area contributed by atoms with Crippen LogP contribution < -0.4 is 5.32 Å². The Balaban J connectivity index is 1.77. The van der Waals surface area contributed by atoms with Crippen molar-refractivity contribution in [3.8, 4) is 0 Å². The van der Waals surface area contributed by atoms with Crippen molar-refractivity contribution in [2.45, 2.75) is 43.4 Å². The number of nitrogens with one attached hydrogen (secondary N) is 1.